The quantitative estimate of drug-likeness (QED) is 0.412. The number of hydrogen-bond acceptors (Lipinski definition) is 4. The smallest absolute Gasteiger partial charge is 0.335 e. The van der Waals surface area contributed by atoms with Crippen LogP contribution in [0.2, 0.25) is 0 Å². The molecule has 0 radical (unpaired) electrons. The molecule has 0 aromatic heterocycles. The fraction of sp³-hybridized carbons (Fsp3) is 0.100. The van der Waals surface area contributed by atoms with Crippen LogP contribution >= 0.6 is 12.2 Å². The summed E-state index contributed by atoms with van der Waals surface area (Å²) in [4.78, 5) is 10.8. The predicted octanol–water partition coefficient (Wildman–Crippen LogP) is 0.560. The summed E-state index contributed by atoms with van der Waals surface area (Å²) in [5, 5.41) is 12.6. The van der Waals surface area contributed by atoms with Gasteiger partial charge >= 0.3 is 5.97 Å². The van der Waals surface area contributed by atoms with E-state index in [1.54, 1.807) is 6.07 Å². The molecule has 17 heavy (non-hydrogen) atoms. The molecular weight excluding hydrogens is 242 g/mol. The Bertz CT molecular complexity index is 474. The van der Waals surface area contributed by atoms with Crippen molar-refractivity contribution < 1.29 is 14.6 Å². The van der Waals surface area contributed by atoms with Crippen molar-refractivity contribution in [1.29, 1.82) is 0 Å². The number of nitrogens with zero attached hydrogens (tertiary/aromatic N) is 1. The van der Waals surface area contributed by atoms with E-state index in [-0.39, 0.29) is 10.7 Å². The Kier molecular flexibility index (Phi) is 4.41. The number of ether oxygens (including phenoxy) is 1. The standard InChI is InChI=1S/C10H11N3O3S/c1-16-8-3-6(5-12-13-10(11)17)2-7(4-8)9(14)15/h2-5H,1H3,(H,14,15)(H3,11,13,17). The number of carboxylic acid groups (broad SMARTS) is 1. The highest BCUT2D eigenvalue weighted by molar-refractivity contribution is 7.80. The van der Waals surface area contributed by atoms with E-state index in [2.05, 4.69) is 22.7 Å². The largest absolute Gasteiger partial charge is 0.497 e. The molecule has 0 amide bonds. The average Bonchev–Trinajstić information content (AvgIpc) is 2.28. The predicted molar refractivity (Wildman–Crippen MR) is 67.5 cm³/mol. The fourth-order valence-corrected chi connectivity index (χ4v) is 1.16. The summed E-state index contributed by atoms with van der Waals surface area (Å²) in [6, 6.07) is 4.51. The first-order valence-corrected chi connectivity index (χ1v) is 4.94. The van der Waals surface area contributed by atoms with E-state index >= 15 is 0 Å². The molecule has 0 aliphatic carbocycles. The van der Waals surface area contributed by atoms with Crippen LogP contribution in [0, 0.1) is 0 Å². The van der Waals surface area contributed by atoms with Crippen molar-refractivity contribution in [2.24, 2.45) is 10.8 Å². The lowest BCUT2D eigenvalue weighted by atomic mass is 10.1. The Morgan fingerprint density at radius 3 is 2.82 bits per heavy atom. The zero-order valence-electron chi connectivity index (χ0n) is 9.01. The molecule has 0 fully saturated rings. The molecule has 90 valence electrons. The molecule has 1 rings (SSSR count). The molecule has 0 atom stereocenters. The highest BCUT2D eigenvalue weighted by atomic mass is 32.1. The van der Waals surface area contributed by atoms with Crippen LogP contribution in [0.4, 0.5) is 0 Å². The van der Waals surface area contributed by atoms with E-state index in [1.165, 1.54) is 25.5 Å². The van der Waals surface area contributed by atoms with E-state index in [9.17, 15) is 4.79 Å². The number of carboxylic acids is 1. The zero-order chi connectivity index (χ0) is 12.8. The van der Waals surface area contributed by atoms with Crippen molar-refractivity contribution in [2.75, 3.05) is 7.11 Å². The summed E-state index contributed by atoms with van der Waals surface area (Å²) in [6.07, 6.45) is 1.40. The molecule has 0 bridgehead atoms. The van der Waals surface area contributed by atoms with E-state index < -0.39 is 5.97 Å². The van der Waals surface area contributed by atoms with Gasteiger partial charge in [0, 0.05) is 0 Å². The summed E-state index contributed by atoms with van der Waals surface area (Å²) in [5.41, 5.74) is 8.22. The lowest BCUT2D eigenvalue weighted by molar-refractivity contribution is 0.0696. The Hall–Kier alpha value is -2.15. The van der Waals surface area contributed by atoms with Crippen molar-refractivity contribution >= 4 is 29.5 Å². The van der Waals surface area contributed by atoms with Gasteiger partial charge in [-0.1, -0.05) is 0 Å². The molecule has 0 heterocycles. The van der Waals surface area contributed by atoms with Gasteiger partial charge < -0.3 is 15.6 Å². The zero-order valence-corrected chi connectivity index (χ0v) is 9.82. The maximum atomic E-state index is 10.8. The number of methoxy groups -OCH3 is 1. The second-order valence-corrected chi connectivity index (χ2v) is 3.47. The molecule has 6 nitrogen and oxygen atoms in total. The highest BCUT2D eigenvalue weighted by Gasteiger charge is 2.06. The van der Waals surface area contributed by atoms with Crippen LogP contribution in [0.1, 0.15) is 15.9 Å². The second-order valence-electron chi connectivity index (χ2n) is 3.03. The first-order valence-electron chi connectivity index (χ1n) is 4.54. The SMILES string of the molecule is COc1cc(C=NNC(N)=S)cc(C(=O)O)c1. The van der Waals surface area contributed by atoms with E-state index in [0.717, 1.165) is 0 Å². The second kappa shape index (κ2) is 5.80. The van der Waals surface area contributed by atoms with E-state index in [0.29, 0.717) is 11.3 Å². The summed E-state index contributed by atoms with van der Waals surface area (Å²) >= 11 is 4.56. The van der Waals surface area contributed by atoms with Crippen LogP contribution in [0.3, 0.4) is 0 Å². The first-order chi connectivity index (χ1) is 8.02. The normalized spacial score (nSPS) is 10.2. The van der Waals surface area contributed by atoms with Crippen LogP contribution in [-0.4, -0.2) is 29.5 Å². The van der Waals surface area contributed by atoms with Crippen molar-refractivity contribution in [3.8, 4) is 5.75 Å². The Morgan fingerprint density at radius 1 is 1.59 bits per heavy atom. The number of hydrogen-bond donors (Lipinski definition) is 3. The molecular formula is C10H11N3O3S. The van der Waals surface area contributed by atoms with Crippen LogP contribution in [-0.2, 0) is 0 Å². The number of nitrogens with one attached hydrogen (secondary N) is 1. The van der Waals surface area contributed by atoms with Crippen LogP contribution in [0.25, 0.3) is 0 Å². The number of rotatable bonds is 4. The molecule has 0 saturated carbocycles. The number of benzene rings is 1. The summed E-state index contributed by atoms with van der Waals surface area (Å²) in [5.74, 6) is -0.609. The lowest BCUT2D eigenvalue weighted by Gasteiger charge is -2.03. The number of hydrazone groups is 1. The van der Waals surface area contributed by atoms with Gasteiger partial charge in [-0.15, -0.1) is 0 Å². The summed E-state index contributed by atoms with van der Waals surface area (Å²) in [7, 11) is 1.45. The molecule has 7 heteroatoms. The van der Waals surface area contributed by atoms with Crippen LogP contribution < -0.4 is 15.9 Å². The summed E-state index contributed by atoms with van der Waals surface area (Å²) in [6.45, 7) is 0. The van der Waals surface area contributed by atoms with Crippen molar-refractivity contribution in [3.63, 3.8) is 0 Å². The molecule has 1 aromatic carbocycles. The van der Waals surface area contributed by atoms with Gasteiger partial charge in [0.2, 0.25) is 0 Å². The average molecular weight is 253 g/mol. The molecule has 0 aliphatic heterocycles. The third kappa shape index (κ3) is 4.07. The third-order valence-corrected chi connectivity index (χ3v) is 1.89. The van der Waals surface area contributed by atoms with Gasteiger partial charge in [0.15, 0.2) is 5.11 Å². The molecule has 0 spiro atoms. The molecule has 1 aromatic rings. The minimum Gasteiger partial charge on any atom is -0.497 e. The van der Waals surface area contributed by atoms with Crippen LogP contribution in [0.5, 0.6) is 5.75 Å². The van der Waals surface area contributed by atoms with Gasteiger partial charge in [0.25, 0.3) is 0 Å². The third-order valence-electron chi connectivity index (χ3n) is 1.80. The monoisotopic (exact) mass is 253 g/mol. The Morgan fingerprint density at radius 2 is 2.29 bits per heavy atom. The van der Waals surface area contributed by atoms with Gasteiger partial charge in [-0.25, -0.2) is 4.79 Å². The Balaban J connectivity index is 2.98. The van der Waals surface area contributed by atoms with Crippen LogP contribution in [0.15, 0.2) is 23.3 Å². The Labute approximate surface area is 103 Å². The van der Waals surface area contributed by atoms with E-state index in [1.807, 2.05) is 0 Å². The highest BCUT2D eigenvalue weighted by Crippen LogP contribution is 2.15. The molecule has 0 unspecified atom stereocenters. The minimum absolute atomic E-state index is 0.0302. The fourth-order valence-electron chi connectivity index (χ4n) is 1.11. The maximum Gasteiger partial charge on any atom is 0.335 e. The van der Waals surface area contributed by atoms with Crippen molar-refractivity contribution in [1.82, 2.24) is 5.43 Å². The molecule has 0 saturated heterocycles. The van der Waals surface area contributed by atoms with E-state index in [4.69, 9.17) is 15.6 Å². The van der Waals surface area contributed by atoms with Gasteiger partial charge in [-0.2, -0.15) is 5.10 Å². The topological polar surface area (TPSA) is 96.9 Å². The van der Waals surface area contributed by atoms with Gasteiger partial charge in [0.1, 0.15) is 5.75 Å². The van der Waals surface area contributed by atoms with Gasteiger partial charge in [-0.3, -0.25) is 5.43 Å². The molecule has 4 N–H and O–H groups in total. The minimum atomic E-state index is -1.04. The number of carbonyl (C=O) groups is 1. The molecule has 0 aliphatic rings. The number of aromatic carboxylic acids is 1. The van der Waals surface area contributed by atoms with Crippen molar-refractivity contribution in [3.05, 3.63) is 29.3 Å². The maximum absolute atomic E-state index is 10.8. The number of nitrogens with two attached hydrogens (primary N) is 1. The van der Waals surface area contributed by atoms with Gasteiger partial charge in [0.05, 0.1) is 18.9 Å². The van der Waals surface area contributed by atoms with Gasteiger partial charge in [-0.05, 0) is 36.0 Å². The number of thiocarbonyl (C=S) groups is 1. The van der Waals surface area contributed by atoms with Crippen molar-refractivity contribution in [2.45, 2.75) is 0 Å². The summed E-state index contributed by atoms with van der Waals surface area (Å²) < 4.78 is 4.98. The lowest BCUT2D eigenvalue weighted by Crippen LogP contribution is -2.24. The first kappa shape index (κ1) is 12.9.